The van der Waals surface area contributed by atoms with Gasteiger partial charge in [0.15, 0.2) is 0 Å². The molecule has 0 saturated heterocycles. The summed E-state index contributed by atoms with van der Waals surface area (Å²) in [7, 11) is 0. The molecule has 2 N–H and O–H groups in total. The zero-order valence-corrected chi connectivity index (χ0v) is 7.32. The topological polar surface area (TPSA) is 53.6 Å². The van der Waals surface area contributed by atoms with E-state index in [1.54, 1.807) is 32.2 Å². The molecule has 1 heterocycles. The molecule has 3 nitrogen and oxygen atoms in total. The van der Waals surface area contributed by atoms with Gasteiger partial charge in [0.1, 0.15) is 5.76 Å². The van der Waals surface area contributed by atoms with E-state index in [4.69, 9.17) is 4.42 Å². The van der Waals surface area contributed by atoms with Crippen LogP contribution in [0.4, 0.5) is 0 Å². The molecule has 1 atom stereocenters. The summed E-state index contributed by atoms with van der Waals surface area (Å²) in [5, 5.41) is 18.8. The van der Waals surface area contributed by atoms with Crippen molar-refractivity contribution in [3.8, 4) is 0 Å². The molecule has 1 aromatic rings. The number of hydrogen-bond acceptors (Lipinski definition) is 3. The number of rotatable bonds is 3. The van der Waals surface area contributed by atoms with E-state index in [0.717, 1.165) is 0 Å². The summed E-state index contributed by atoms with van der Waals surface area (Å²) in [6, 6.07) is 3.53. The van der Waals surface area contributed by atoms with Gasteiger partial charge < -0.3 is 14.6 Å². The Bertz CT molecular complexity index is 220. The highest BCUT2D eigenvalue weighted by molar-refractivity contribution is 5.01. The Morgan fingerprint density at radius 2 is 2.25 bits per heavy atom. The molecule has 0 aliphatic carbocycles. The molecule has 0 saturated carbocycles. The first-order chi connectivity index (χ1) is 5.50. The van der Waals surface area contributed by atoms with Crippen molar-refractivity contribution in [1.82, 2.24) is 0 Å². The first-order valence-electron chi connectivity index (χ1n) is 3.93. The highest BCUT2D eigenvalue weighted by atomic mass is 16.3. The number of aliphatic hydroxyl groups excluding tert-OH is 1. The van der Waals surface area contributed by atoms with Crippen molar-refractivity contribution < 1.29 is 14.6 Å². The number of hydrogen-bond donors (Lipinski definition) is 2. The van der Waals surface area contributed by atoms with Crippen LogP contribution in [0.25, 0.3) is 0 Å². The molecule has 1 unspecified atom stereocenters. The minimum Gasteiger partial charge on any atom is -0.469 e. The van der Waals surface area contributed by atoms with Crippen molar-refractivity contribution in [3.63, 3.8) is 0 Å². The van der Waals surface area contributed by atoms with E-state index < -0.39 is 11.7 Å². The van der Waals surface area contributed by atoms with E-state index in [-0.39, 0.29) is 0 Å². The Morgan fingerprint density at radius 1 is 1.58 bits per heavy atom. The van der Waals surface area contributed by atoms with Crippen LogP contribution in [0.5, 0.6) is 0 Å². The molecule has 0 amide bonds. The summed E-state index contributed by atoms with van der Waals surface area (Å²) in [5.74, 6) is 0.685. The molecular formula is C9H14O3. The van der Waals surface area contributed by atoms with Crippen molar-refractivity contribution in [2.45, 2.75) is 32.0 Å². The summed E-state index contributed by atoms with van der Waals surface area (Å²) < 4.78 is 5.03. The Morgan fingerprint density at radius 3 is 2.67 bits per heavy atom. The van der Waals surface area contributed by atoms with Gasteiger partial charge in [-0.2, -0.15) is 0 Å². The summed E-state index contributed by atoms with van der Waals surface area (Å²) >= 11 is 0. The minimum absolute atomic E-state index is 0.344. The maximum absolute atomic E-state index is 9.45. The van der Waals surface area contributed by atoms with Crippen LogP contribution < -0.4 is 0 Å². The van der Waals surface area contributed by atoms with Gasteiger partial charge in [0, 0.05) is 6.42 Å². The predicted molar refractivity (Wildman–Crippen MR) is 44.7 cm³/mol. The maximum Gasteiger partial charge on any atom is 0.106 e. The second-order valence-electron chi connectivity index (χ2n) is 3.45. The molecule has 1 rings (SSSR count). The van der Waals surface area contributed by atoms with Gasteiger partial charge in [-0.15, -0.1) is 0 Å². The van der Waals surface area contributed by atoms with E-state index in [9.17, 15) is 10.2 Å². The molecule has 1 aromatic heterocycles. The SMILES string of the molecule is CC(C)(O)C(O)Cc1ccco1. The normalized spacial score (nSPS) is 14.7. The average Bonchev–Trinajstić information content (AvgIpc) is 2.37. The van der Waals surface area contributed by atoms with Crippen LogP contribution >= 0.6 is 0 Å². The van der Waals surface area contributed by atoms with Gasteiger partial charge in [-0.1, -0.05) is 0 Å². The fourth-order valence-electron chi connectivity index (χ4n) is 0.869. The average molecular weight is 170 g/mol. The van der Waals surface area contributed by atoms with Crippen LogP contribution in [0.1, 0.15) is 19.6 Å². The lowest BCUT2D eigenvalue weighted by molar-refractivity contribution is -0.0489. The standard InChI is InChI=1S/C9H14O3/c1-9(2,11)8(10)6-7-4-3-5-12-7/h3-5,8,10-11H,6H2,1-2H3. The molecule has 0 bridgehead atoms. The van der Waals surface area contributed by atoms with Crippen molar-refractivity contribution in [1.29, 1.82) is 0 Å². The van der Waals surface area contributed by atoms with Crippen LogP contribution in [0.15, 0.2) is 22.8 Å². The highest BCUT2D eigenvalue weighted by Crippen LogP contribution is 2.14. The fourth-order valence-corrected chi connectivity index (χ4v) is 0.869. The van der Waals surface area contributed by atoms with Gasteiger partial charge in [0.25, 0.3) is 0 Å². The van der Waals surface area contributed by atoms with Gasteiger partial charge in [-0.25, -0.2) is 0 Å². The Hall–Kier alpha value is -0.800. The van der Waals surface area contributed by atoms with Gasteiger partial charge in [0.05, 0.1) is 18.0 Å². The molecule has 0 fully saturated rings. The zero-order valence-electron chi connectivity index (χ0n) is 7.32. The number of aliphatic hydroxyl groups is 2. The lowest BCUT2D eigenvalue weighted by atomic mass is 9.98. The zero-order chi connectivity index (χ0) is 9.19. The maximum atomic E-state index is 9.45. The molecule has 68 valence electrons. The van der Waals surface area contributed by atoms with Crippen LogP contribution in [-0.4, -0.2) is 21.9 Å². The molecule has 3 heteroatoms. The van der Waals surface area contributed by atoms with E-state index in [2.05, 4.69) is 0 Å². The third-order valence-electron chi connectivity index (χ3n) is 1.79. The van der Waals surface area contributed by atoms with Crippen LogP contribution in [0.3, 0.4) is 0 Å². The van der Waals surface area contributed by atoms with Crippen molar-refractivity contribution in [2.24, 2.45) is 0 Å². The van der Waals surface area contributed by atoms with Crippen molar-refractivity contribution in [3.05, 3.63) is 24.2 Å². The molecule has 0 aliphatic rings. The van der Waals surface area contributed by atoms with Crippen LogP contribution in [0, 0.1) is 0 Å². The van der Waals surface area contributed by atoms with E-state index >= 15 is 0 Å². The lowest BCUT2D eigenvalue weighted by Gasteiger charge is -2.23. The largest absolute Gasteiger partial charge is 0.469 e. The monoisotopic (exact) mass is 170 g/mol. The van der Waals surface area contributed by atoms with Crippen molar-refractivity contribution in [2.75, 3.05) is 0 Å². The van der Waals surface area contributed by atoms with Crippen LogP contribution in [-0.2, 0) is 6.42 Å². The molecule has 0 spiro atoms. The summed E-state index contributed by atoms with van der Waals surface area (Å²) in [4.78, 5) is 0. The molecular weight excluding hydrogens is 156 g/mol. The third kappa shape index (κ3) is 2.36. The highest BCUT2D eigenvalue weighted by Gasteiger charge is 2.25. The summed E-state index contributed by atoms with van der Waals surface area (Å²) in [6.07, 6.45) is 1.10. The van der Waals surface area contributed by atoms with Gasteiger partial charge >= 0.3 is 0 Å². The Balaban J connectivity index is 2.53. The van der Waals surface area contributed by atoms with Gasteiger partial charge in [-0.3, -0.25) is 0 Å². The summed E-state index contributed by atoms with van der Waals surface area (Å²) in [6.45, 7) is 3.14. The number of furan rings is 1. The molecule has 0 aromatic carbocycles. The first-order valence-corrected chi connectivity index (χ1v) is 3.93. The lowest BCUT2D eigenvalue weighted by Crippen LogP contribution is -2.37. The first kappa shape index (κ1) is 9.29. The fraction of sp³-hybridized carbons (Fsp3) is 0.556. The third-order valence-corrected chi connectivity index (χ3v) is 1.79. The molecule has 0 radical (unpaired) electrons. The quantitative estimate of drug-likeness (QED) is 0.710. The second-order valence-corrected chi connectivity index (χ2v) is 3.45. The minimum atomic E-state index is -1.08. The molecule has 0 aliphatic heterocycles. The Labute approximate surface area is 71.6 Å². The smallest absolute Gasteiger partial charge is 0.106 e. The second kappa shape index (κ2) is 3.29. The van der Waals surface area contributed by atoms with E-state index in [1.807, 2.05) is 0 Å². The Kier molecular flexibility index (Phi) is 2.55. The van der Waals surface area contributed by atoms with E-state index in [1.165, 1.54) is 0 Å². The van der Waals surface area contributed by atoms with Crippen LogP contribution in [0.2, 0.25) is 0 Å². The van der Waals surface area contributed by atoms with Crippen molar-refractivity contribution >= 4 is 0 Å². The van der Waals surface area contributed by atoms with Gasteiger partial charge in [0.2, 0.25) is 0 Å². The van der Waals surface area contributed by atoms with Gasteiger partial charge in [-0.05, 0) is 26.0 Å². The predicted octanol–water partition coefficient (Wildman–Crippen LogP) is 0.954. The molecule has 12 heavy (non-hydrogen) atoms. The van der Waals surface area contributed by atoms with E-state index in [0.29, 0.717) is 12.2 Å². The summed E-state index contributed by atoms with van der Waals surface area (Å²) in [5.41, 5.74) is -1.08.